The average molecular weight is 387 g/mol. The maximum absolute atomic E-state index is 11.5. The van der Waals surface area contributed by atoms with Gasteiger partial charge in [0.05, 0.1) is 23.9 Å². The Morgan fingerprint density at radius 2 is 2.15 bits per heavy atom. The van der Waals surface area contributed by atoms with Crippen molar-refractivity contribution in [2.24, 2.45) is 0 Å². The minimum absolute atomic E-state index is 0.374. The topological polar surface area (TPSA) is 98.2 Å². The molecule has 0 aromatic carbocycles. The molecule has 1 aliphatic rings. The van der Waals surface area contributed by atoms with Gasteiger partial charge in [0.25, 0.3) is 0 Å². The third-order valence-electron chi connectivity index (χ3n) is 4.38. The van der Waals surface area contributed by atoms with Gasteiger partial charge in [0.1, 0.15) is 6.04 Å². The van der Waals surface area contributed by atoms with Crippen molar-refractivity contribution in [3.8, 4) is 0 Å². The van der Waals surface area contributed by atoms with Crippen molar-refractivity contribution in [3.05, 3.63) is 16.1 Å². The first kappa shape index (κ1) is 21.2. The maximum Gasteiger partial charge on any atom is 0.320 e. The van der Waals surface area contributed by atoms with Crippen LogP contribution in [-0.4, -0.2) is 83.3 Å². The lowest BCUT2D eigenvalue weighted by atomic mass is 10.2. The Hall–Kier alpha value is -1.10. The zero-order chi connectivity index (χ0) is 19.1. The van der Waals surface area contributed by atoms with Crippen LogP contribution in [0.4, 0.5) is 0 Å². The number of thiazole rings is 1. The molecule has 148 valence electrons. The lowest BCUT2D eigenvalue weighted by Crippen LogP contribution is -2.52. The van der Waals surface area contributed by atoms with E-state index in [-0.39, 0.29) is 0 Å². The van der Waals surface area contributed by atoms with Gasteiger partial charge in [0.15, 0.2) is 6.35 Å². The second-order valence-electron chi connectivity index (χ2n) is 6.92. The highest BCUT2D eigenvalue weighted by molar-refractivity contribution is 7.09. The summed E-state index contributed by atoms with van der Waals surface area (Å²) in [6.45, 7) is 8.29. The number of carboxylic acids is 1. The lowest BCUT2D eigenvalue weighted by molar-refractivity contribution is -0.142. The number of aliphatic carboxylic acids is 1. The number of nitrogens with one attached hydrogen (secondary N) is 1. The highest BCUT2D eigenvalue weighted by atomic mass is 32.1. The van der Waals surface area contributed by atoms with Crippen LogP contribution in [0.15, 0.2) is 5.38 Å². The lowest BCUT2D eigenvalue weighted by Gasteiger charge is -2.30. The minimum Gasteiger partial charge on any atom is -0.480 e. The first-order valence-corrected chi connectivity index (χ1v) is 9.86. The summed E-state index contributed by atoms with van der Waals surface area (Å²) >= 11 is 1.60. The Balaban J connectivity index is 1.82. The Kier molecular flexibility index (Phi) is 8.39. The van der Waals surface area contributed by atoms with Crippen LogP contribution < -0.4 is 5.32 Å². The van der Waals surface area contributed by atoms with Gasteiger partial charge in [-0.1, -0.05) is 13.8 Å². The normalized spacial score (nSPS) is 18.4. The molecule has 0 amide bonds. The third kappa shape index (κ3) is 6.57. The van der Waals surface area contributed by atoms with Crippen LogP contribution in [0.5, 0.6) is 0 Å². The van der Waals surface area contributed by atoms with Gasteiger partial charge in [-0.15, -0.1) is 11.3 Å². The quantitative estimate of drug-likeness (QED) is 0.507. The zero-order valence-corrected chi connectivity index (χ0v) is 16.5. The molecule has 0 aliphatic carbocycles. The summed E-state index contributed by atoms with van der Waals surface area (Å²) in [5.74, 6) is -0.583. The highest BCUT2D eigenvalue weighted by Gasteiger charge is 2.24. The Morgan fingerprint density at radius 3 is 2.73 bits per heavy atom. The van der Waals surface area contributed by atoms with Crippen molar-refractivity contribution in [2.75, 3.05) is 39.9 Å². The molecule has 0 saturated carbocycles. The van der Waals surface area contributed by atoms with Crippen LogP contribution >= 0.6 is 11.3 Å². The summed E-state index contributed by atoms with van der Waals surface area (Å²) in [7, 11) is 1.74. The first-order chi connectivity index (χ1) is 12.4. The molecule has 2 rings (SSSR count). The molecule has 9 heteroatoms. The number of nitrogens with zero attached hydrogens (tertiary/aromatic N) is 3. The molecule has 3 N–H and O–H groups in total. The molecule has 2 atom stereocenters. The molecule has 26 heavy (non-hydrogen) atoms. The second kappa shape index (κ2) is 10.3. The highest BCUT2D eigenvalue weighted by Crippen LogP contribution is 2.20. The average Bonchev–Trinajstić information content (AvgIpc) is 3.07. The predicted octanol–water partition coefficient (Wildman–Crippen LogP) is 0.739. The van der Waals surface area contributed by atoms with Gasteiger partial charge in [0, 0.05) is 37.5 Å². The number of ether oxygens (including phenoxy) is 1. The standard InChI is InChI=1S/C17H30N4O4S/c1-12(2)15-18-13(11-26-15)10-20(3)17(24)19-14(16(22)23)4-5-21-6-8-25-9-7-21/h11-12,14,17,19,24H,4-10H2,1-3H3,(H,22,23)/t14-,17?/m0/s1. The Morgan fingerprint density at radius 1 is 1.46 bits per heavy atom. The third-order valence-corrected chi connectivity index (χ3v) is 5.57. The van der Waals surface area contributed by atoms with E-state index >= 15 is 0 Å². The predicted molar refractivity (Wildman–Crippen MR) is 100 cm³/mol. The van der Waals surface area contributed by atoms with Crippen LogP contribution in [-0.2, 0) is 16.1 Å². The Bertz CT molecular complexity index is 563. The molecule has 8 nitrogen and oxygen atoms in total. The second-order valence-corrected chi connectivity index (χ2v) is 7.81. The van der Waals surface area contributed by atoms with Crippen molar-refractivity contribution in [1.29, 1.82) is 0 Å². The van der Waals surface area contributed by atoms with Crippen molar-refractivity contribution >= 4 is 17.3 Å². The minimum atomic E-state index is -1.05. The van der Waals surface area contributed by atoms with Crippen LogP contribution in [0.1, 0.15) is 36.9 Å². The fourth-order valence-electron chi connectivity index (χ4n) is 2.72. The molecule has 0 spiro atoms. The SMILES string of the molecule is CC(C)c1nc(CN(C)C(O)N[C@@H](CCN2CCOCC2)C(=O)O)cs1. The summed E-state index contributed by atoms with van der Waals surface area (Å²) < 4.78 is 5.30. The van der Waals surface area contributed by atoms with Gasteiger partial charge in [0.2, 0.25) is 0 Å². The van der Waals surface area contributed by atoms with Gasteiger partial charge in [-0.2, -0.15) is 0 Å². The van der Waals surface area contributed by atoms with Crippen molar-refractivity contribution in [3.63, 3.8) is 0 Å². The number of rotatable bonds is 10. The van der Waals surface area contributed by atoms with Gasteiger partial charge < -0.3 is 14.9 Å². The van der Waals surface area contributed by atoms with E-state index in [4.69, 9.17) is 4.74 Å². The van der Waals surface area contributed by atoms with Gasteiger partial charge >= 0.3 is 5.97 Å². The summed E-state index contributed by atoms with van der Waals surface area (Å²) in [5.41, 5.74) is 0.877. The number of aliphatic hydroxyl groups is 1. The van der Waals surface area contributed by atoms with E-state index in [1.807, 2.05) is 5.38 Å². The molecule has 1 aliphatic heterocycles. The molecule has 1 aromatic rings. The van der Waals surface area contributed by atoms with E-state index in [0.29, 0.717) is 38.6 Å². The van der Waals surface area contributed by atoms with Crippen LogP contribution in [0.3, 0.4) is 0 Å². The summed E-state index contributed by atoms with van der Waals surface area (Å²) in [6.07, 6.45) is -0.626. The fraction of sp³-hybridized carbons (Fsp3) is 0.765. The smallest absolute Gasteiger partial charge is 0.320 e. The van der Waals surface area contributed by atoms with Gasteiger partial charge in [-0.25, -0.2) is 4.98 Å². The van der Waals surface area contributed by atoms with Crippen LogP contribution in [0, 0.1) is 0 Å². The van der Waals surface area contributed by atoms with Crippen LogP contribution in [0.2, 0.25) is 0 Å². The van der Waals surface area contributed by atoms with Crippen LogP contribution in [0.25, 0.3) is 0 Å². The summed E-state index contributed by atoms with van der Waals surface area (Å²) in [4.78, 5) is 19.9. The number of hydrogen-bond donors (Lipinski definition) is 3. The zero-order valence-electron chi connectivity index (χ0n) is 15.7. The molecule has 0 radical (unpaired) electrons. The summed E-state index contributed by atoms with van der Waals surface area (Å²) in [6, 6.07) is -0.808. The molecule has 1 aromatic heterocycles. The van der Waals surface area contributed by atoms with E-state index in [2.05, 4.69) is 29.0 Å². The molecular formula is C17H30N4O4S. The fourth-order valence-corrected chi connectivity index (χ4v) is 3.55. The van der Waals surface area contributed by atoms with Gasteiger partial charge in [-0.05, 0) is 13.5 Å². The van der Waals surface area contributed by atoms with E-state index in [0.717, 1.165) is 23.8 Å². The molecule has 1 unspecified atom stereocenters. The number of aromatic nitrogens is 1. The van der Waals surface area contributed by atoms with E-state index < -0.39 is 18.4 Å². The van der Waals surface area contributed by atoms with E-state index in [1.165, 1.54) is 0 Å². The number of aliphatic hydroxyl groups excluding tert-OH is 1. The molecular weight excluding hydrogens is 356 g/mol. The van der Waals surface area contributed by atoms with Crippen molar-refractivity contribution in [1.82, 2.24) is 20.1 Å². The van der Waals surface area contributed by atoms with Crippen molar-refractivity contribution < 1.29 is 19.7 Å². The monoisotopic (exact) mass is 386 g/mol. The summed E-state index contributed by atoms with van der Waals surface area (Å²) in [5, 5.41) is 25.6. The first-order valence-electron chi connectivity index (χ1n) is 8.98. The molecule has 1 saturated heterocycles. The largest absolute Gasteiger partial charge is 0.480 e. The maximum atomic E-state index is 11.5. The van der Waals surface area contributed by atoms with Crippen molar-refractivity contribution in [2.45, 2.75) is 45.1 Å². The molecule has 1 fully saturated rings. The number of morpholine rings is 1. The number of carbonyl (C=O) groups is 1. The molecule has 2 heterocycles. The number of hydrogen-bond acceptors (Lipinski definition) is 8. The number of carboxylic acid groups (broad SMARTS) is 1. The Labute approximate surface area is 158 Å². The van der Waals surface area contributed by atoms with E-state index in [9.17, 15) is 15.0 Å². The van der Waals surface area contributed by atoms with Gasteiger partial charge in [-0.3, -0.25) is 19.9 Å². The van der Waals surface area contributed by atoms with E-state index in [1.54, 1.807) is 23.3 Å². The molecule has 0 bridgehead atoms.